The lowest BCUT2D eigenvalue weighted by Crippen LogP contribution is -2.40. The zero-order chi connectivity index (χ0) is 13.7. The molecule has 0 spiro atoms. The van der Waals surface area contributed by atoms with Gasteiger partial charge in [-0.3, -0.25) is 0 Å². The third kappa shape index (κ3) is 4.32. The van der Waals surface area contributed by atoms with Crippen LogP contribution in [0.2, 0.25) is 0 Å². The summed E-state index contributed by atoms with van der Waals surface area (Å²) in [5.41, 5.74) is 2.72. The van der Waals surface area contributed by atoms with E-state index in [0.29, 0.717) is 18.2 Å². The van der Waals surface area contributed by atoms with Gasteiger partial charge in [-0.25, -0.2) is 0 Å². The number of ether oxygens (including phenoxy) is 1. The maximum absolute atomic E-state index is 5.81. The summed E-state index contributed by atoms with van der Waals surface area (Å²) in [6.45, 7) is 7.56. The summed E-state index contributed by atoms with van der Waals surface area (Å²) in [5, 5.41) is 3.77. The van der Waals surface area contributed by atoms with Gasteiger partial charge < -0.3 is 10.1 Å². The second kappa shape index (κ2) is 7.06. The first-order valence-corrected chi connectivity index (χ1v) is 7.63. The number of aryl methyl sites for hydroxylation is 1. The molecule has 106 valence electrons. The molecule has 1 aliphatic heterocycles. The van der Waals surface area contributed by atoms with E-state index in [1.54, 1.807) is 0 Å². The van der Waals surface area contributed by atoms with E-state index in [1.165, 1.54) is 24.0 Å². The van der Waals surface area contributed by atoms with E-state index in [-0.39, 0.29) is 0 Å². The van der Waals surface area contributed by atoms with Crippen LogP contribution < -0.4 is 5.32 Å². The zero-order valence-corrected chi connectivity index (χ0v) is 12.5. The van der Waals surface area contributed by atoms with Crippen molar-refractivity contribution in [3.05, 3.63) is 35.4 Å². The van der Waals surface area contributed by atoms with Gasteiger partial charge in [0, 0.05) is 18.7 Å². The SMILES string of the molecule is CCCC1CC(N[C@@H](C)c2cccc(C)c2)CCO1. The van der Waals surface area contributed by atoms with E-state index in [4.69, 9.17) is 4.74 Å². The molecule has 1 aromatic rings. The highest BCUT2D eigenvalue weighted by Gasteiger charge is 2.23. The van der Waals surface area contributed by atoms with Gasteiger partial charge in [-0.05, 0) is 38.7 Å². The molecule has 0 aliphatic carbocycles. The topological polar surface area (TPSA) is 21.3 Å². The third-order valence-corrected chi connectivity index (χ3v) is 4.01. The first-order valence-electron chi connectivity index (χ1n) is 7.63. The van der Waals surface area contributed by atoms with E-state index in [2.05, 4.69) is 50.4 Å². The van der Waals surface area contributed by atoms with Crippen molar-refractivity contribution in [1.29, 1.82) is 0 Å². The van der Waals surface area contributed by atoms with Crippen molar-refractivity contribution in [2.45, 2.75) is 64.6 Å². The molecule has 2 nitrogen and oxygen atoms in total. The van der Waals surface area contributed by atoms with Crippen molar-refractivity contribution in [1.82, 2.24) is 5.32 Å². The monoisotopic (exact) mass is 261 g/mol. The van der Waals surface area contributed by atoms with Crippen molar-refractivity contribution in [3.63, 3.8) is 0 Å². The molecule has 2 rings (SSSR count). The summed E-state index contributed by atoms with van der Waals surface area (Å²) in [6.07, 6.45) is 5.16. The average Bonchev–Trinajstić information content (AvgIpc) is 2.39. The predicted octanol–water partition coefficient (Wildman–Crippen LogP) is 3.99. The van der Waals surface area contributed by atoms with Crippen LogP contribution in [0.4, 0.5) is 0 Å². The zero-order valence-electron chi connectivity index (χ0n) is 12.5. The Balaban J connectivity index is 1.89. The molecular weight excluding hydrogens is 234 g/mol. The maximum Gasteiger partial charge on any atom is 0.0589 e. The quantitative estimate of drug-likeness (QED) is 0.865. The normalized spacial score (nSPS) is 25.2. The van der Waals surface area contributed by atoms with E-state index < -0.39 is 0 Å². The summed E-state index contributed by atoms with van der Waals surface area (Å²) in [7, 11) is 0. The Kier molecular flexibility index (Phi) is 5.41. The fraction of sp³-hybridized carbons (Fsp3) is 0.647. The van der Waals surface area contributed by atoms with Crippen molar-refractivity contribution in [2.24, 2.45) is 0 Å². The number of nitrogens with one attached hydrogen (secondary N) is 1. The molecule has 0 radical (unpaired) electrons. The maximum atomic E-state index is 5.81. The molecule has 0 saturated carbocycles. The predicted molar refractivity (Wildman–Crippen MR) is 80.4 cm³/mol. The number of hydrogen-bond donors (Lipinski definition) is 1. The van der Waals surface area contributed by atoms with E-state index in [0.717, 1.165) is 19.4 Å². The van der Waals surface area contributed by atoms with Crippen molar-refractivity contribution in [3.8, 4) is 0 Å². The molecule has 1 fully saturated rings. The molecule has 0 amide bonds. The second-order valence-corrected chi connectivity index (χ2v) is 5.81. The Morgan fingerprint density at radius 2 is 2.26 bits per heavy atom. The van der Waals surface area contributed by atoms with E-state index in [1.807, 2.05) is 0 Å². The van der Waals surface area contributed by atoms with Crippen LogP contribution in [0.1, 0.15) is 56.7 Å². The lowest BCUT2D eigenvalue weighted by molar-refractivity contribution is -0.00472. The molecule has 1 aromatic carbocycles. The highest BCUT2D eigenvalue weighted by atomic mass is 16.5. The van der Waals surface area contributed by atoms with Gasteiger partial charge in [-0.1, -0.05) is 43.2 Å². The number of hydrogen-bond acceptors (Lipinski definition) is 2. The highest BCUT2D eigenvalue weighted by molar-refractivity contribution is 5.24. The molecule has 0 aromatic heterocycles. The van der Waals surface area contributed by atoms with Gasteiger partial charge in [-0.15, -0.1) is 0 Å². The molecule has 1 N–H and O–H groups in total. The Morgan fingerprint density at radius 1 is 1.42 bits per heavy atom. The summed E-state index contributed by atoms with van der Waals surface area (Å²) in [4.78, 5) is 0. The molecule has 3 atom stereocenters. The smallest absolute Gasteiger partial charge is 0.0589 e. The fourth-order valence-electron chi connectivity index (χ4n) is 2.94. The van der Waals surface area contributed by atoms with Gasteiger partial charge in [0.05, 0.1) is 6.10 Å². The lowest BCUT2D eigenvalue weighted by Gasteiger charge is -2.32. The standard InChI is InChI=1S/C17H27NO/c1-4-6-17-12-16(9-10-19-17)18-14(3)15-8-5-7-13(2)11-15/h5,7-8,11,14,16-18H,4,6,9-10,12H2,1-3H3/t14-,16?,17?/m0/s1. The van der Waals surface area contributed by atoms with Gasteiger partial charge in [0.1, 0.15) is 0 Å². The lowest BCUT2D eigenvalue weighted by atomic mass is 9.98. The first kappa shape index (κ1) is 14.5. The molecule has 1 saturated heterocycles. The van der Waals surface area contributed by atoms with Crippen LogP contribution in [-0.4, -0.2) is 18.8 Å². The van der Waals surface area contributed by atoms with Crippen molar-refractivity contribution < 1.29 is 4.74 Å². The summed E-state index contributed by atoms with van der Waals surface area (Å²) < 4.78 is 5.81. The minimum absolute atomic E-state index is 0.422. The molecule has 1 heterocycles. The Labute approximate surface area is 117 Å². The molecular formula is C17H27NO. The average molecular weight is 261 g/mol. The van der Waals surface area contributed by atoms with Gasteiger partial charge in [0.25, 0.3) is 0 Å². The Bertz CT molecular complexity index is 389. The van der Waals surface area contributed by atoms with Gasteiger partial charge in [0.15, 0.2) is 0 Å². The highest BCUT2D eigenvalue weighted by Crippen LogP contribution is 2.21. The third-order valence-electron chi connectivity index (χ3n) is 4.01. The molecule has 2 unspecified atom stereocenters. The fourth-order valence-corrected chi connectivity index (χ4v) is 2.94. The van der Waals surface area contributed by atoms with E-state index in [9.17, 15) is 0 Å². The minimum Gasteiger partial charge on any atom is -0.378 e. The van der Waals surface area contributed by atoms with Crippen LogP contribution >= 0.6 is 0 Å². The molecule has 19 heavy (non-hydrogen) atoms. The van der Waals surface area contributed by atoms with Crippen LogP contribution in [-0.2, 0) is 4.74 Å². The van der Waals surface area contributed by atoms with Crippen molar-refractivity contribution >= 4 is 0 Å². The molecule has 0 bridgehead atoms. The molecule has 1 aliphatic rings. The van der Waals surface area contributed by atoms with Gasteiger partial charge in [-0.2, -0.15) is 0 Å². The van der Waals surface area contributed by atoms with Crippen LogP contribution in [0.15, 0.2) is 24.3 Å². The van der Waals surface area contributed by atoms with Gasteiger partial charge in [0.2, 0.25) is 0 Å². The Hall–Kier alpha value is -0.860. The summed E-state index contributed by atoms with van der Waals surface area (Å²) in [6, 6.07) is 9.81. The van der Waals surface area contributed by atoms with Crippen LogP contribution in [0.5, 0.6) is 0 Å². The summed E-state index contributed by atoms with van der Waals surface area (Å²) in [5.74, 6) is 0. The number of benzene rings is 1. The minimum atomic E-state index is 0.422. The Morgan fingerprint density at radius 3 is 3.00 bits per heavy atom. The number of rotatable bonds is 5. The van der Waals surface area contributed by atoms with Crippen molar-refractivity contribution in [2.75, 3.05) is 6.61 Å². The van der Waals surface area contributed by atoms with Crippen LogP contribution in [0, 0.1) is 6.92 Å². The van der Waals surface area contributed by atoms with Crippen LogP contribution in [0.3, 0.4) is 0 Å². The van der Waals surface area contributed by atoms with E-state index >= 15 is 0 Å². The van der Waals surface area contributed by atoms with Gasteiger partial charge >= 0.3 is 0 Å². The largest absolute Gasteiger partial charge is 0.378 e. The first-order chi connectivity index (χ1) is 9.19. The van der Waals surface area contributed by atoms with Crippen LogP contribution in [0.25, 0.3) is 0 Å². The molecule has 2 heteroatoms. The second-order valence-electron chi connectivity index (χ2n) is 5.81. The summed E-state index contributed by atoms with van der Waals surface area (Å²) >= 11 is 0.